The highest BCUT2D eigenvalue weighted by Gasteiger charge is 2.09. The summed E-state index contributed by atoms with van der Waals surface area (Å²) in [5.74, 6) is 0.601. The number of carbonyl (C=O) groups excluding carboxylic acids is 1. The molecule has 0 saturated heterocycles. The van der Waals surface area contributed by atoms with Crippen molar-refractivity contribution >= 4 is 29.3 Å². The van der Waals surface area contributed by atoms with E-state index >= 15 is 0 Å². The second-order valence-electron chi connectivity index (χ2n) is 6.45. The zero-order valence-electron chi connectivity index (χ0n) is 15.2. The fourth-order valence-electron chi connectivity index (χ4n) is 2.54. The van der Waals surface area contributed by atoms with E-state index in [0.717, 1.165) is 11.1 Å². The van der Waals surface area contributed by atoms with Crippen LogP contribution in [0.4, 0.5) is 0 Å². The van der Waals surface area contributed by atoms with Gasteiger partial charge in [-0.05, 0) is 42.0 Å². The third kappa shape index (κ3) is 5.88. The predicted octanol–water partition coefficient (Wildman–Crippen LogP) is 5.35. The van der Waals surface area contributed by atoms with E-state index in [2.05, 4.69) is 36.5 Å². The largest absolute Gasteiger partial charge is 0.356 e. The molecular weight excluding hydrogens is 380 g/mol. The molecule has 0 fully saturated rings. The van der Waals surface area contributed by atoms with E-state index in [4.69, 9.17) is 16.1 Å². The van der Waals surface area contributed by atoms with Crippen LogP contribution in [0.5, 0.6) is 0 Å². The van der Waals surface area contributed by atoms with Crippen molar-refractivity contribution in [3.63, 3.8) is 0 Å². The molecule has 140 valence electrons. The number of carbonyl (C=O) groups is 1. The number of hydrogen-bond donors (Lipinski definition) is 1. The van der Waals surface area contributed by atoms with Crippen LogP contribution in [0.2, 0.25) is 5.02 Å². The normalized spacial score (nSPS) is 11.0. The summed E-state index contributed by atoms with van der Waals surface area (Å²) in [5.41, 5.74) is 2.56. The predicted molar refractivity (Wildman–Crippen MR) is 110 cm³/mol. The van der Waals surface area contributed by atoms with Crippen LogP contribution in [0.15, 0.2) is 64.0 Å². The highest BCUT2D eigenvalue weighted by atomic mass is 35.5. The zero-order valence-corrected chi connectivity index (χ0v) is 16.8. The number of amides is 1. The number of aromatic nitrogens is 1. The van der Waals surface area contributed by atoms with Gasteiger partial charge >= 0.3 is 0 Å². The Morgan fingerprint density at radius 1 is 1.15 bits per heavy atom. The van der Waals surface area contributed by atoms with Crippen LogP contribution in [0.1, 0.15) is 25.1 Å². The van der Waals surface area contributed by atoms with E-state index in [1.54, 1.807) is 12.1 Å². The molecule has 1 aromatic heterocycles. The van der Waals surface area contributed by atoms with Gasteiger partial charge in [-0.15, -0.1) is 11.8 Å². The second-order valence-corrected chi connectivity index (χ2v) is 8.54. The molecule has 27 heavy (non-hydrogen) atoms. The van der Waals surface area contributed by atoms with Gasteiger partial charge in [-0.3, -0.25) is 4.79 Å². The summed E-state index contributed by atoms with van der Waals surface area (Å²) >= 11 is 7.70. The van der Waals surface area contributed by atoms with Crippen LogP contribution in [0, 0.1) is 0 Å². The molecule has 1 amide bonds. The maximum atomic E-state index is 12.2. The Morgan fingerprint density at radius 2 is 1.85 bits per heavy atom. The van der Waals surface area contributed by atoms with Gasteiger partial charge in [-0.25, -0.2) is 0 Å². The van der Waals surface area contributed by atoms with E-state index in [1.165, 1.54) is 4.90 Å². The summed E-state index contributed by atoms with van der Waals surface area (Å²) in [7, 11) is 0. The Morgan fingerprint density at radius 3 is 2.52 bits per heavy atom. The molecule has 0 aliphatic carbocycles. The quantitative estimate of drug-likeness (QED) is 0.543. The average Bonchev–Trinajstić information content (AvgIpc) is 3.11. The lowest BCUT2D eigenvalue weighted by molar-refractivity contribution is -0.120. The highest BCUT2D eigenvalue weighted by molar-refractivity contribution is 7.99. The van der Waals surface area contributed by atoms with Crippen molar-refractivity contribution in [2.24, 2.45) is 0 Å². The molecule has 0 radical (unpaired) electrons. The van der Waals surface area contributed by atoms with E-state index in [1.807, 2.05) is 42.1 Å². The van der Waals surface area contributed by atoms with Gasteiger partial charge in [0.25, 0.3) is 0 Å². The number of benzene rings is 2. The van der Waals surface area contributed by atoms with Crippen LogP contribution in [0.25, 0.3) is 11.3 Å². The molecule has 3 rings (SSSR count). The minimum atomic E-state index is -0.0460. The van der Waals surface area contributed by atoms with Crippen LogP contribution in [-0.2, 0) is 17.8 Å². The molecule has 1 N–H and O–H groups in total. The Kier molecular flexibility index (Phi) is 6.58. The van der Waals surface area contributed by atoms with Gasteiger partial charge in [0, 0.05) is 26.8 Å². The van der Waals surface area contributed by atoms with Crippen LogP contribution in [0.3, 0.4) is 0 Å². The molecule has 6 heteroatoms. The molecule has 0 saturated carbocycles. The van der Waals surface area contributed by atoms with Gasteiger partial charge in [0.05, 0.1) is 13.0 Å². The van der Waals surface area contributed by atoms with Crippen molar-refractivity contribution < 1.29 is 9.32 Å². The lowest BCUT2D eigenvalue weighted by atomic mass is 10.1. The van der Waals surface area contributed by atoms with Crippen molar-refractivity contribution in [2.75, 3.05) is 0 Å². The summed E-state index contributed by atoms with van der Waals surface area (Å²) < 4.78 is 5.34. The molecule has 0 atom stereocenters. The van der Waals surface area contributed by atoms with Gasteiger partial charge in [-0.2, -0.15) is 0 Å². The number of hydrogen-bond acceptors (Lipinski definition) is 4. The van der Waals surface area contributed by atoms with Crippen molar-refractivity contribution in [2.45, 2.75) is 37.0 Å². The van der Waals surface area contributed by atoms with Crippen LogP contribution >= 0.6 is 23.4 Å². The average molecular weight is 401 g/mol. The maximum Gasteiger partial charge on any atom is 0.224 e. The molecule has 2 aromatic carbocycles. The summed E-state index contributed by atoms with van der Waals surface area (Å²) in [5, 5.41) is 8.10. The highest BCUT2D eigenvalue weighted by Crippen LogP contribution is 2.23. The molecule has 0 unspecified atom stereocenters. The van der Waals surface area contributed by atoms with Gasteiger partial charge < -0.3 is 9.84 Å². The Labute approximate surface area is 168 Å². The maximum absolute atomic E-state index is 12.2. The van der Waals surface area contributed by atoms with Gasteiger partial charge in [0.15, 0.2) is 5.76 Å². The first kappa shape index (κ1) is 19.5. The van der Waals surface area contributed by atoms with Gasteiger partial charge in [-0.1, -0.05) is 42.7 Å². The Balaban J connectivity index is 1.51. The Hall–Kier alpha value is -2.24. The molecule has 4 nitrogen and oxygen atoms in total. The lowest BCUT2D eigenvalue weighted by Crippen LogP contribution is -2.24. The van der Waals surface area contributed by atoms with E-state index < -0.39 is 0 Å². The summed E-state index contributed by atoms with van der Waals surface area (Å²) in [4.78, 5) is 13.4. The first-order valence-electron chi connectivity index (χ1n) is 8.73. The minimum absolute atomic E-state index is 0.0460. The fraction of sp³-hybridized carbons (Fsp3) is 0.238. The SMILES string of the molecule is CC(C)Sc1ccc(CC(=O)NCc2cc(-c3ccc(Cl)cc3)on2)cc1. The summed E-state index contributed by atoms with van der Waals surface area (Å²) in [6, 6.07) is 17.3. The zero-order chi connectivity index (χ0) is 19.2. The van der Waals surface area contributed by atoms with E-state index in [9.17, 15) is 4.79 Å². The van der Waals surface area contributed by atoms with E-state index in [0.29, 0.717) is 34.7 Å². The molecule has 0 aliphatic heterocycles. The van der Waals surface area contributed by atoms with Crippen molar-refractivity contribution in [1.29, 1.82) is 0 Å². The fourth-order valence-corrected chi connectivity index (χ4v) is 3.50. The smallest absolute Gasteiger partial charge is 0.224 e. The summed E-state index contributed by atoms with van der Waals surface area (Å²) in [6.45, 7) is 4.65. The first-order valence-corrected chi connectivity index (χ1v) is 9.99. The topological polar surface area (TPSA) is 55.1 Å². The monoisotopic (exact) mass is 400 g/mol. The Bertz CT molecular complexity index is 889. The number of halogens is 1. The summed E-state index contributed by atoms with van der Waals surface area (Å²) in [6.07, 6.45) is 0.342. The van der Waals surface area contributed by atoms with Crippen LogP contribution in [-0.4, -0.2) is 16.3 Å². The standard InChI is InChI=1S/C21H21ClN2O2S/c1-14(2)27-19-9-3-15(4-10-19)11-21(25)23-13-18-12-20(26-24-18)16-5-7-17(22)8-6-16/h3-10,12,14H,11,13H2,1-2H3,(H,23,25). The van der Waals surface area contributed by atoms with Crippen LogP contribution < -0.4 is 5.32 Å². The van der Waals surface area contributed by atoms with Crippen molar-refractivity contribution in [3.05, 3.63) is 70.9 Å². The third-order valence-corrected chi connectivity index (χ3v) is 5.08. The number of rotatable bonds is 7. The van der Waals surface area contributed by atoms with Crippen molar-refractivity contribution in [1.82, 2.24) is 10.5 Å². The number of nitrogens with one attached hydrogen (secondary N) is 1. The lowest BCUT2D eigenvalue weighted by Gasteiger charge is -2.06. The number of thioether (sulfide) groups is 1. The minimum Gasteiger partial charge on any atom is -0.356 e. The first-order chi connectivity index (χ1) is 13.0. The number of nitrogens with zero attached hydrogens (tertiary/aromatic N) is 1. The van der Waals surface area contributed by atoms with Crippen molar-refractivity contribution in [3.8, 4) is 11.3 Å². The molecule has 3 aromatic rings. The van der Waals surface area contributed by atoms with Gasteiger partial charge in [0.1, 0.15) is 5.69 Å². The van der Waals surface area contributed by atoms with Gasteiger partial charge in [0.2, 0.25) is 5.91 Å². The molecule has 0 bridgehead atoms. The molecular formula is C21H21ClN2O2S. The van der Waals surface area contributed by atoms with E-state index in [-0.39, 0.29) is 5.91 Å². The molecule has 0 spiro atoms. The third-order valence-electron chi connectivity index (χ3n) is 3.81. The molecule has 1 heterocycles. The second kappa shape index (κ2) is 9.11. The molecule has 0 aliphatic rings.